The van der Waals surface area contributed by atoms with Crippen LogP contribution in [-0.2, 0) is 11.3 Å². The molecule has 208 valence electrons. The van der Waals surface area contributed by atoms with Gasteiger partial charge in [-0.2, -0.15) is 0 Å². The van der Waals surface area contributed by atoms with Crippen molar-refractivity contribution in [2.75, 3.05) is 41.8 Å². The Morgan fingerprint density at radius 2 is 1.80 bits per heavy atom. The standard InChI is InChI=1S/C27H31N9O3S/c1-4-28-25(39)34-26-33-20-13-17(12-18(21(20)40-26)16-35(3)23-29-8-5-9-30-23)19-14-31-24(32-15-19)36-10-6-27(2,7-11-36)22(37)38/h5,8-9,12-15H,4,6-7,10-11,16H2,1-3H3,(H,37,38)(H2,28,33,34,39). The van der Waals surface area contributed by atoms with Crippen LogP contribution in [-0.4, -0.2) is 68.7 Å². The van der Waals surface area contributed by atoms with E-state index in [0.717, 1.165) is 26.9 Å². The summed E-state index contributed by atoms with van der Waals surface area (Å²) < 4.78 is 0.950. The summed E-state index contributed by atoms with van der Waals surface area (Å²) in [5, 5.41) is 15.6. The number of piperidine rings is 1. The summed E-state index contributed by atoms with van der Waals surface area (Å²) in [7, 11) is 1.93. The third kappa shape index (κ3) is 5.78. The van der Waals surface area contributed by atoms with E-state index in [4.69, 9.17) is 0 Å². The molecule has 1 aliphatic heterocycles. The second-order valence-corrected chi connectivity index (χ2v) is 11.0. The highest BCUT2D eigenvalue weighted by molar-refractivity contribution is 7.22. The second kappa shape index (κ2) is 11.4. The molecule has 3 aromatic heterocycles. The van der Waals surface area contributed by atoms with Gasteiger partial charge in [0.2, 0.25) is 11.9 Å². The van der Waals surface area contributed by atoms with E-state index < -0.39 is 11.4 Å². The first-order valence-corrected chi connectivity index (χ1v) is 13.8. The first kappa shape index (κ1) is 27.2. The number of carbonyl (C=O) groups is 2. The highest BCUT2D eigenvalue weighted by Crippen LogP contribution is 2.35. The third-order valence-electron chi connectivity index (χ3n) is 7.06. The minimum atomic E-state index is -0.759. The number of nitrogens with one attached hydrogen (secondary N) is 2. The minimum Gasteiger partial charge on any atom is -0.481 e. The van der Waals surface area contributed by atoms with E-state index >= 15 is 0 Å². The lowest BCUT2D eigenvalue weighted by atomic mass is 9.80. The number of aromatic nitrogens is 5. The van der Waals surface area contributed by atoms with Gasteiger partial charge in [0.05, 0.1) is 15.6 Å². The van der Waals surface area contributed by atoms with Gasteiger partial charge in [-0.3, -0.25) is 10.1 Å². The van der Waals surface area contributed by atoms with Crippen LogP contribution in [0.4, 0.5) is 21.8 Å². The number of benzene rings is 1. The van der Waals surface area contributed by atoms with Gasteiger partial charge in [-0.1, -0.05) is 11.3 Å². The Hall–Kier alpha value is -4.39. The Bertz CT molecular complexity index is 1500. The molecule has 0 spiro atoms. The number of carboxylic acids is 1. The van der Waals surface area contributed by atoms with Crippen molar-refractivity contribution in [2.24, 2.45) is 5.41 Å². The van der Waals surface area contributed by atoms with Crippen LogP contribution in [0.2, 0.25) is 0 Å². The smallest absolute Gasteiger partial charge is 0.321 e. The van der Waals surface area contributed by atoms with E-state index in [-0.39, 0.29) is 6.03 Å². The molecule has 40 heavy (non-hydrogen) atoms. The number of anilines is 3. The maximum atomic E-state index is 12.1. The zero-order valence-corrected chi connectivity index (χ0v) is 23.4. The summed E-state index contributed by atoms with van der Waals surface area (Å²) in [6.45, 7) is 5.86. The number of rotatable bonds is 8. The number of hydrogen-bond acceptors (Lipinski definition) is 10. The highest BCUT2D eigenvalue weighted by Gasteiger charge is 2.37. The predicted octanol–water partition coefficient (Wildman–Crippen LogP) is 4.01. The van der Waals surface area contributed by atoms with Gasteiger partial charge in [0, 0.05) is 63.6 Å². The quantitative estimate of drug-likeness (QED) is 0.288. The molecule has 5 rings (SSSR count). The molecular weight excluding hydrogens is 530 g/mol. The third-order valence-corrected chi connectivity index (χ3v) is 8.13. The van der Waals surface area contributed by atoms with Gasteiger partial charge in [0.1, 0.15) is 0 Å². The Morgan fingerprint density at radius 3 is 2.45 bits per heavy atom. The van der Waals surface area contributed by atoms with E-state index in [1.54, 1.807) is 37.8 Å². The van der Waals surface area contributed by atoms with E-state index in [9.17, 15) is 14.7 Å². The SMILES string of the molecule is CCNC(=O)Nc1nc2cc(-c3cnc(N4CCC(C)(C(=O)O)CC4)nc3)cc(CN(C)c3ncccn3)c2s1. The molecule has 2 amide bonds. The van der Waals surface area contributed by atoms with Gasteiger partial charge in [-0.05, 0) is 56.0 Å². The zero-order valence-electron chi connectivity index (χ0n) is 22.6. The summed E-state index contributed by atoms with van der Waals surface area (Å²) in [5.74, 6) is 0.422. The molecule has 13 heteroatoms. The average molecular weight is 562 g/mol. The number of nitrogens with zero attached hydrogens (tertiary/aromatic N) is 7. The Balaban J connectivity index is 1.43. The minimum absolute atomic E-state index is 0.302. The highest BCUT2D eigenvalue weighted by atomic mass is 32.1. The van der Waals surface area contributed by atoms with Crippen LogP contribution in [0.3, 0.4) is 0 Å². The van der Waals surface area contributed by atoms with E-state index in [1.807, 2.05) is 29.8 Å². The fourth-order valence-corrected chi connectivity index (χ4v) is 5.55. The van der Waals surface area contributed by atoms with E-state index in [2.05, 4.69) is 41.6 Å². The predicted molar refractivity (Wildman–Crippen MR) is 155 cm³/mol. The number of hydrogen-bond donors (Lipinski definition) is 3. The average Bonchev–Trinajstić information content (AvgIpc) is 3.36. The maximum Gasteiger partial charge on any atom is 0.321 e. The van der Waals surface area contributed by atoms with Crippen molar-refractivity contribution in [3.8, 4) is 11.1 Å². The van der Waals surface area contributed by atoms with Crippen LogP contribution in [0, 0.1) is 5.41 Å². The van der Waals surface area contributed by atoms with Gasteiger partial charge in [-0.15, -0.1) is 0 Å². The van der Waals surface area contributed by atoms with Crippen LogP contribution in [0.1, 0.15) is 32.3 Å². The van der Waals surface area contributed by atoms with Crippen LogP contribution in [0.5, 0.6) is 0 Å². The summed E-state index contributed by atoms with van der Waals surface area (Å²) in [5.41, 5.74) is 2.75. The lowest BCUT2D eigenvalue weighted by Crippen LogP contribution is -2.43. The van der Waals surface area contributed by atoms with Gasteiger partial charge < -0.3 is 20.2 Å². The number of carbonyl (C=O) groups excluding carboxylic acids is 1. The molecule has 0 unspecified atom stereocenters. The summed E-state index contributed by atoms with van der Waals surface area (Å²) in [4.78, 5) is 50.3. The van der Waals surface area contributed by atoms with Gasteiger partial charge in [0.25, 0.3) is 0 Å². The molecule has 1 aromatic carbocycles. The number of aliphatic carboxylic acids is 1. The van der Waals surface area contributed by atoms with Crippen molar-refractivity contribution in [3.63, 3.8) is 0 Å². The first-order valence-electron chi connectivity index (χ1n) is 13.0. The van der Waals surface area contributed by atoms with Gasteiger partial charge in [-0.25, -0.2) is 29.7 Å². The normalized spacial score (nSPS) is 14.6. The largest absolute Gasteiger partial charge is 0.481 e. The molecule has 0 aliphatic carbocycles. The van der Waals surface area contributed by atoms with Crippen LogP contribution < -0.4 is 20.4 Å². The molecule has 4 aromatic rings. The van der Waals surface area contributed by atoms with Crippen molar-refractivity contribution < 1.29 is 14.7 Å². The second-order valence-electron chi connectivity index (χ2n) is 10.0. The molecule has 0 radical (unpaired) electrons. The summed E-state index contributed by atoms with van der Waals surface area (Å²) in [6, 6.07) is 5.52. The molecule has 1 saturated heterocycles. The molecule has 0 saturated carbocycles. The molecule has 0 bridgehead atoms. The number of urea groups is 1. The lowest BCUT2D eigenvalue weighted by molar-refractivity contribution is -0.149. The molecule has 1 aliphatic rings. The number of amides is 2. The van der Waals surface area contributed by atoms with Crippen LogP contribution in [0.15, 0.2) is 43.0 Å². The Labute approximate surface area is 235 Å². The number of carboxylic acid groups (broad SMARTS) is 1. The molecule has 4 heterocycles. The van der Waals surface area contributed by atoms with Crippen molar-refractivity contribution in [1.29, 1.82) is 0 Å². The molecular formula is C27H31N9O3S. The van der Waals surface area contributed by atoms with E-state index in [0.29, 0.717) is 56.0 Å². The summed E-state index contributed by atoms with van der Waals surface area (Å²) in [6.07, 6.45) is 8.06. The van der Waals surface area contributed by atoms with Gasteiger partial charge >= 0.3 is 12.0 Å². The fraction of sp³-hybridized carbons (Fsp3) is 0.370. The number of thiazole rings is 1. The summed E-state index contributed by atoms with van der Waals surface area (Å²) >= 11 is 1.41. The first-order chi connectivity index (χ1) is 19.3. The topological polar surface area (TPSA) is 149 Å². The lowest BCUT2D eigenvalue weighted by Gasteiger charge is -2.36. The van der Waals surface area contributed by atoms with Crippen molar-refractivity contribution in [1.82, 2.24) is 30.2 Å². The van der Waals surface area contributed by atoms with Crippen molar-refractivity contribution in [3.05, 3.63) is 48.5 Å². The molecule has 12 nitrogen and oxygen atoms in total. The van der Waals surface area contributed by atoms with Crippen LogP contribution in [0.25, 0.3) is 21.3 Å². The van der Waals surface area contributed by atoms with E-state index in [1.165, 1.54) is 11.3 Å². The number of fused-ring (bicyclic) bond motifs is 1. The molecule has 1 fully saturated rings. The Morgan fingerprint density at radius 1 is 1.10 bits per heavy atom. The van der Waals surface area contributed by atoms with Crippen molar-refractivity contribution in [2.45, 2.75) is 33.2 Å². The van der Waals surface area contributed by atoms with Crippen molar-refractivity contribution >= 4 is 50.6 Å². The maximum absolute atomic E-state index is 12.1. The monoisotopic (exact) mass is 561 g/mol. The van der Waals surface area contributed by atoms with Crippen LogP contribution >= 0.6 is 11.3 Å². The molecule has 0 atom stereocenters. The molecule has 3 N–H and O–H groups in total. The fourth-order valence-electron chi connectivity index (χ4n) is 4.60. The van der Waals surface area contributed by atoms with Gasteiger partial charge in [0.15, 0.2) is 5.13 Å². The zero-order chi connectivity index (χ0) is 28.3. The Kier molecular flexibility index (Phi) is 7.74.